The third-order valence-corrected chi connectivity index (χ3v) is 3.08. The van der Waals surface area contributed by atoms with Crippen molar-refractivity contribution >= 4 is 16.9 Å². The first-order valence-electron chi connectivity index (χ1n) is 6.09. The van der Waals surface area contributed by atoms with Crippen LogP contribution in [0.4, 0.5) is 0 Å². The summed E-state index contributed by atoms with van der Waals surface area (Å²) in [6.07, 6.45) is 2.14. The fourth-order valence-corrected chi connectivity index (χ4v) is 2.31. The van der Waals surface area contributed by atoms with Gasteiger partial charge in [-0.25, -0.2) is 4.79 Å². The minimum atomic E-state index is -0.961. The maximum Gasteiger partial charge on any atom is 0.336 e. The lowest BCUT2D eigenvalue weighted by molar-refractivity contribution is 0.0699. The van der Waals surface area contributed by atoms with E-state index in [0.717, 1.165) is 18.5 Å². The maximum atomic E-state index is 11.3. The quantitative estimate of drug-likeness (QED) is 0.873. The number of aromatic nitrogens is 1. The maximum absolute atomic E-state index is 11.3. The van der Waals surface area contributed by atoms with Gasteiger partial charge in [-0.2, -0.15) is 0 Å². The first-order valence-corrected chi connectivity index (χ1v) is 6.09. The molecule has 1 aromatic carbocycles. The smallest absolute Gasteiger partial charge is 0.336 e. The van der Waals surface area contributed by atoms with E-state index in [-0.39, 0.29) is 5.56 Å². The molecule has 2 aromatic rings. The number of aryl methyl sites for hydroxylation is 1. The van der Waals surface area contributed by atoms with E-state index >= 15 is 0 Å². The molecule has 0 aliphatic rings. The number of carboxylic acids is 1. The Morgan fingerprint density at radius 1 is 1.44 bits per heavy atom. The second-order valence-electron chi connectivity index (χ2n) is 4.46. The Kier molecular flexibility index (Phi) is 3.39. The van der Waals surface area contributed by atoms with Crippen LogP contribution in [-0.2, 0) is 6.54 Å². The molecule has 1 heterocycles. The number of aliphatic hydroxyl groups is 1. The molecule has 0 bridgehead atoms. The van der Waals surface area contributed by atoms with E-state index in [1.165, 1.54) is 0 Å². The van der Waals surface area contributed by atoms with Crippen molar-refractivity contribution in [3.8, 4) is 0 Å². The van der Waals surface area contributed by atoms with Gasteiger partial charge in [-0.15, -0.1) is 0 Å². The van der Waals surface area contributed by atoms with Gasteiger partial charge in [0.25, 0.3) is 0 Å². The highest BCUT2D eigenvalue weighted by Gasteiger charge is 2.18. The van der Waals surface area contributed by atoms with Crippen LogP contribution in [0.25, 0.3) is 10.9 Å². The minimum absolute atomic E-state index is 0.248. The molecule has 4 heteroatoms. The van der Waals surface area contributed by atoms with E-state index < -0.39 is 12.1 Å². The summed E-state index contributed by atoms with van der Waals surface area (Å²) in [6.45, 7) is 4.53. The molecular weight excluding hydrogens is 230 g/mol. The van der Waals surface area contributed by atoms with E-state index in [2.05, 4.69) is 6.92 Å². The number of aliphatic hydroxyl groups excluding tert-OH is 1. The number of nitrogens with zero attached hydrogens (tertiary/aromatic N) is 1. The molecule has 2 rings (SSSR count). The lowest BCUT2D eigenvalue weighted by atomic mass is 10.0. The number of aromatic carboxylic acids is 1. The Labute approximate surface area is 105 Å². The number of carbonyl (C=O) groups is 1. The summed E-state index contributed by atoms with van der Waals surface area (Å²) < 4.78 is 2.00. The number of benzene rings is 1. The summed E-state index contributed by atoms with van der Waals surface area (Å²) in [5, 5.41) is 19.7. The summed E-state index contributed by atoms with van der Waals surface area (Å²) in [5.74, 6) is -0.961. The van der Waals surface area contributed by atoms with Crippen LogP contribution in [0, 0.1) is 0 Å². The topological polar surface area (TPSA) is 62.5 Å². The predicted molar refractivity (Wildman–Crippen MR) is 69.8 cm³/mol. The summed E-state index contributed by atoms with van der Waals surface area (Å²) in [7, 11) is 0. The predicted octanol–water partition coefficient (Wildman–Crippen LogP) is 2.80. The van der Waals surface area contributed by atoms with Crippen molar-refractivity contribution in [3.63, 3.8) is 0 Å². The SMILES string of the molecule is CCCn1cc(C(C)O)c2c(C(=O)O)cccc21. The zero-order chi connectivity index (χ0) is 13.3. The highest BCUT2D eigenvalue weighted by atomic mass is 16.4. The van der Waals surface area contributed by atoms with Crippen molar-refractivity contribution in [2.75, 3.05) is 0 Å². The summed E-state index contributed by atoms with van der Waals surface area (Å²) in [5.41, 5.74) is 1.79. The third-order valence-electron chi connectivity index (χ3n) is 3.08. The van der Waals surface area contributed by atoms with Crippen LogP contribution in [0.5, 0.6) is 0 Å². The number of hydrogen-bond donors (Lipinski definition) is 2. The second-order valence-corrected chi connectivity index (χ2v) is 4.46. The molecule has 18 heavy (non-hydrogen) atoms. The standard InChI is InChI=1S/C14H17NO3/c1-3-7-15-8-11(9(2)16)13-10(14(17)18)5-4-6-12(13)15/h4-6,8-9,16H,3,7H2,1-2H3,(H,17,18). The molecule has 0 saturated carbocycles. The van der Waals surface area contributed by atoms with Crippen molar-refractivity contribution in [3.05, 3.63) is 35.5 Å². The minimum Gasteiger partial charge on any atom is -0.478 e. The van der Waals surface area contributed by atoms with Crippen molar-refractivity contribution in [2.24, 2.45) is 0 Å². The summed E-state index contributed by atoms with van der Waals surface area (Å²) in [6, 6.07) is 5.21. The van der Waals surface area contributed by atoms with E-state index in [0.29, 0.717) is 10.9 Å². The lowest BCUT2D eigenvalue weighted by Crippen LogP contribution is -1.99. The van der Waals surface area contributed by atoms with Crippen LogP contribution in [0.1, 0.15) is 42.3 Å². The van der Waals surface area contributed by atoms with Gasteiger partial charge in [-0.3, -0.25) is 0 Å². The fourth-order valence-electron chi connectivity index (χ4n) is 2.31. The normalized spacial score (nSPS) is 12.8. The third kappa shape index (κ3) is 1.99. The Morgan fingerprint density at radius 3 is 2.72 bits per heavy atom. The van der Waals surface area contributed by atoms with Gasteiger partial charge in [-0.1, -0.05) is 13.0 Å². The van der Waals surface area contributed by atoms with Gasteiger partial charge in [0.2, 0.25) is 0 Å². The van der Waals surface area contributed by atoms with Crippen molar-refractivity contribution in [1.29, 1.82) is 0 Å². The summed E-state index contributed by atoms with van der Waals surface area (Å²) in [4.78, 5) is 11.3. The van der Waals surface area contributed by atoms with Crippen LogP contribution in [-0.4, -0.2) is 20.7 Å². The van der Waals surface area contributed by atoms with Crippen molar-refractivity contribution in [2.45, 2.75) is 32.9 Å². The van der Waals surface area contributed by atoms with Gasteiger partial charge in [0.05, 0.1) is 11.7 Å². The number of hydrogen-bond acceptors (Lipinski definition) is 2. The van der Waals surface area contributed by atoms with Crippen LogP contribution in [0.3, 0.4) is 0 Å². The monoisotopic (exact) mass is 247 g/mol. The molecule has 0 aliphatic heterocycles. The van der Waals surface area contributed by atoms with Gasteiger partial charge < -0.3 is 14.8 Å². The molecule has 4 nitrogen and oxygen atoms in total. The van der Waals surface area contributed by atoms with E-state index in [4.69, 9.17) is 0 Å². The van der Waals surface area contributed by atoms with Gasteiger partial charge in [0, 0.05) is 29.2 Å². The molecule has 0 amide bonds. The van der Waals surface area contributed by atoms with E-state index in [1.54, 1.807) is 19.1 Å². The van der Waals surface area contributed by atoms with Crippen LogP contribution < -0.4 is 0 Å². The van der Waals surface area contributed by atoms with Gasteiger partial charge in [0.1, 0.15) is 0 Å². The zero-order valence-electron chi connectivity index (χ0n) is 10.6. The molecule has 0 fully saturated rings. The Hall–Kier alpha value is -1.81. The van der Waals surface area contributed by atoms with Crippen LogP contribution in [0.2, 0.25) is 0 Å². The first kappa shape index (κ1) is 12.6. The molecule has 1 unspecified atom stereocenters. The zero-order valence-corrected chi connectivity index (χ0v) is 10.6. The molecule has 0 aliphatic carbocycles. The highest BCUT2D eigenvalue weighted by molar-refractivity contribution is 6.04. The van der Waals surface area contributed by atoms with Crippen molar-refractivity contribution in [1.82, 2.24) is 4.57 Å². The van der Waals surface area contributed by atoms with Gasteiger partial charge >= 0.3 is 5.97 Å². The number of carboxylic acid groups (broad SMARTS) is 1. The van der Waals surface area contributed by atoms with Gasteiger partial charge in [0.15, 0.2) is 0 Å². The first-order chi connectivity index (χ1) is 8.56. The van der Waals surface area contributed by atoms with Crippen LogP contribution >= 0.6 is 0 Å². The van der Waals surface area contributed by atoms with E-state index in [1.807, 2.05) is 16.8 Å². The molecule has 0 radical (unpaired) electrons. The second kappa shape index (κ2) is 4.82. The highest BCUT2D eigenvalue weighted by Crippen LogP contribution is 2.29. The molecule has 2 N–H and O–H groups in total. The summed E-state index contributed by atoms with van der Waals surface area (Å²) >= 11 is 0. The van der Waals surface area contributed by atoms with Crippen LogP contribution in [0.15, 0.2) is 24.4 Å². The van der Waals surface area contributed by atoms with Gasteiger partial charge in [-0.05, 0) is 25.5 Å². The molecular formula is C14H17NO3. The average molecular weight is 247 g/mol. The average Bonchev–Trinajstić information content (AvgIpc) is 2.69. The Balaban J connectivity index is 2.78. The molecule has 0 spiro atoms. The number of rotatable bonds is 4. The van der Waals surface area contributed by atoms with E-state index in [9.17, 15) is 15.0 Å². The largest absolute Gasteiger partial charge is 0.478 e. The molecule has 1 atom stereocenters. The molecule has 0 saturated heterocycles. The Bertz CT molecular complexity index is 584. The fraction of sp³-hybridized carbons (Fsp3) is 0.357. The lowest BCUT2D eigenvalue weighted by Gasteiger charge is -2.04. The Morgan fingerprint density at radius 2 is 2.17 bits per heavy atom. The molecule has 1 aromatic heterocycles. The molecule has 96 valence electrons. The number of fused-ring (bicyclic) bond motifs is 1. The van der Waals surface area contributed by atoms with Crippen molar-refractivity contribution < 1.29 is 15.0 Å².